The van der Waals surface area contributed by atoms with E-state index in [1.807, 2.05) is 56.3 Å². The summed E-state index contributed by atoms with van der Waals surface area (Å²) in [5.41, 5.74) is 4.11. The number of hydrogen-bond acceptors (Lipinski definition) is 6. The Morgan fingerprint density at radius 1 is 1.10 bits per heavy atom. The number of rotatable bonds is 8. The summed E-state index contributed by atoms with van der Waals surface area (Å²) in [6, 6.07) is 13.8. The van der Waals surface area contributed by atoms with Crippen LogP contribution in [0.2, 0.25) is 0 Å². The van der Waals surface area contributed by atoms with Crippen LogP contribution < -0.4 is 10.1 Å². The van der Waals surface area contributed by atoms with Gasteiger partial charge >= 0.3 is 0 Å². The summed E-state index contributed by atoms with van der Waals surface area (Å²) in [6.45, 7) is 8.44. The largest absolute Gasteiger partial charge is 0.483 e. The number of anilines is 1. The predicted octanol–water partition coefficient (Wildman–Crippen LogP) is 5.12. The van der Waals surface area contributed by atoms with E-state index in [1.165, 1.54) is 17.3 Å². The Labute approximate surface area is 175 Å². The zero-order valence-electron chi connectivity index (χ0n) is 17.1. The molecule has 3 rings (SSSR count). The molecule has 0 radical (unpaired) electrons. The third-order valence-electron chi connectivity index (χ3n) is 4.38. The number of hydrogen-bond donors (Lipinski definition) is 1. The van der Waals surface area contributed by atoms with Crippen molar-refractivity contribution in [3.05, 3.63) is 65.0 Å². The first kappa shape index (κ1) is 20.9. The number of thioether (sulfide) groups is 1. The van der Waals surface area contributed by atoms with Crippen molar-refractivity contribution in [2.24, 2.45) is 0 Å². The molecule has 29 heavy (non-hydrogen) atoms. The molecule has 152 valence electrons. The molecule has 1 heterocycles. The Balaban J connectivity index is 1.48. The number of amides is 1. The molecule has 0 aliphatic rings. The van der Waals surface area contributed by atoms with Crippen LogP contribution >= 0.6 is 11.8 Å². The molecule has 0 bridgehead atoms. The van der Waals surface area contributed by atoms with Crippen LogP contribution in [0.5, 0.6) is 5.75 Å². The van der Waals surface area contributed by atoms with Gasteiger partial charge in [0.1, 0.15) is 5.75 Å². The zero-order valence-corrected chi connectivity index (χ0v) is 17.9. The molecule has 0 saturated heterocycles. The molecule has 0 aliphatic carbocycles. The number of benzene rings is 2. The van der Waals surface area contributed by atoms with Gasteiger partial charge in [0.2, 0.25) is 5.91 Å². The second-order valence-corrected chi connectivity index (χ2v) is 8.01. The summed E-state index contributed by atoms with van der Waals surface area (Å²) >= 11 is 1.20. The Morgan fingerprint density at radius 3 is 2.45 bits per heavy atom. The van der Waals surface area contributed by atoms with Crippen molar-refractivity contribution in [1.82, 2.24) is 10.2 Å². The highest BCUT2D eigenvalue weighted by Gasteiger charge is 2.12. The molecule has 6 nitrogen and oxygen atoms in total. The van der Waals surface area contributed by atoms with Crippen LogP contribution in [0.25, 0.3) is 0 Å². The Kier molecular flexibility index (Phi) is 6.93. The smallest absolute Gasteiger partial charge is 0.277 e. The lowest BCUT2D eigenvalue weighted by Crippen LogP contribution is -2.14. The van der Waals surface area contributed by atoms with Gasteiger partial charge in [-0.2, -0.15) is 0 Å². The van der Waals surface area contributed by atoms with Crippen LogP contribution in [0.15, 0.2) is 52.1 Å². The molecule has 7 heteroatoms. The van der Waals surface area contributed by atoms with Crippen LogP contribution in [0.4, 0.5) is 5.69 Å². The Bertz CT molecular complexity index is 947. The van der Waals surface area contributed by atoms with E-state index < -0.39 is 0 Å². The quantitative estimate of drug-likeness (QED) is 0.519. The van der Waals surface area contributed by atoms with E-state index >= 15 is 0 Å². The highest BCUT2D eigenvalue weighted by Crippen LogP contribution is 2.24. The number of para-hydroxylation sites is 1. The van der Waals surface area contributed by atoms with E-state index in [0.29, 0.717) is 17.0 Å². The van der Waals surface area contributed by atoms with Crippen LogP contribution in [0.3, 0.4) is 0 Å². The Morgan fingerprint density at radius 2 is 1.79 bits per heavy atom. The van der Waals surface area contributed by atoms with E-state index in [1.54, 1.807) is 0 Å². The Hall–Kier alpha value is -2.80. The molecule has 0 unspecified atom stereocenters. The van der Waals surface area contributed by atoms with Crippen LogP contribution in [0.1, 0.15) is 42.3 Å². The number of carbonyl (C=O) groups is 1. The van der Waals surface area contributed by atoms with Gasteiger partial charge in [-0.05, 0) is 48.6 Å². The first-order valence-corrected chi connectivity index (χ1v) is 10.4. The van der Waals surface area contributed by atoms with Gasteiger partial charge in [-0.3, -0.25) is 4.79 Å². The molecule has 0 aliphatic heterocycles. The van der Waals surface area contributed by atoms with Crippen molar-refractivity contribution in [2.45, 2.75) is 45.4 Å². The van der Waals surface area contributed by atoms with Gasteiger partial charge in [0.15, 0.2) is 6.61 Å². The fourth-order valence-corrected chi connectivity index (χ4v) is 3.37. The first-order valence-electron chi connectivity index (χ1n) is 9.46. The number of nitrogens with zero attached hydrogens (tertiary/aromatic N) is 2. The number of ether oxygens (including phenoxy) is 1. The van der Waals surface area contributed by atoms with E-state index in [2.05, 4.69) is 29.4 Å². The van der Waals surface area contributed by atoms with Gasteiger partial charge in [0, 0.05) is 5.69 Å². The normalized spacial score (nSPS) is 10.9. The summed E-state index contributed by atoms with van der Waals surface area (Å²) in [5.74, 6) is 1.72. The van der Waals surface area contributed by atoms with Crippen LogP contribution in [0, 0.1) is 13.8 Å². The van der Waals surface area contributed by atoms with Gasteiger partial charge < -0.3 is 14.5 Å². The first-order chi connectivity index (χ1) is 13.9. The molecular weight excluding hydrogens is 386 g/mol. The van der Waals surface area contributed by atoms with E-state index in [9.17, 15) is 4.79 Å². The standard InChI is InChI=1S/C22H25N3O3S/c1-14(2)17-8-10-18(11-9-17)23-19(26)13-29-22-25-24-20(28-22)12-27-21-15(3)6-5-7-16(21)4/h5-11,14H,12-13H2,1-4H3,(H,23,26). The van der Waals surface area contributed by atoms with Crippen molar-refractivity contribution >= 4 is 23.4 Å². The molecule has 0 atom stereocenters. The van der Waals surface area contributed by atoms with E-state index in [-0.39, 0.29) is 18.3 Å². The van der Waals surface area contributed by atoms with Gasteiger partial charge in [-0.1, -0.05) is 55.9 Å². The highest BCUT2D eigenvalue weighted by molar-refractivity contribution is 7.99. The highest BCUT2D eigenvalue weighted by atomic mass is 32.2. The molecule has 2 aromatic carbocycles. The molecule has 0 spiro atoms. The van der Waals surface area contributed by atoms with Gasteiger partial charge in [-0.25, -0.2) is 0 Å². The summed E-state index contributed by atoms with van der Waals surface area (Å²) in [7, 11) is 0. The van der Waals surface area contributed by atoms with Crippen molar-refractivity contribution in [2.75, 3.05) is 11.1 Å². The second kappa shape index (κ2) is 9.60. The fourth-order valence-electron chi connectivity index (χ4n) is 2.79. The molecule has 0 saturated carbocycles. The molecule has 1 N–H and O–H groups in total. The lowest BCUT2D eigenvalue weighted by atomic mass is 10.0. The van der Waals surface area contributed by atoms with Crippen LogP contribution in [-0.2, 0) is 11.4 Å². The van der Waals surface area contributed by atoms with Gasteiger partial charge in [0.05, 0.1) is 5.75 Å². The SMILES string of the molecule is Cc1cccc(C)c1OCc1nnc(SCC(=O)Nc2ccc(C(C)C)cc2)o1. The number of nitrogens with one attached hydrogen (secondary N) is 1. The molecule has 1 aromatic heterocycles. The monoisotopic (exact) mass is 411 g/mol. The molecular formula is C22H25N3O3S. The predicted molar refractivity (Wildman–Crippen MR) is 114 cm³/mol. The lowest BCUT2D eigenvalue weighted by Gasteiger charge is -2.09. The maximum absolute atomic E-state index is 12.2. The topological polar surface area (TPSA) is 77.2 Å². The zero-order chi connectivity index (χ0) is 20.8. The van der Waals surface area contributed by atoms with Gasteiger partial charge in [0.25, 0.3) is 11.1 Å². The van der Waals surface area contributed by atoms with Crippen molar-refractivity contribution in [3.63, 3.8) is 0 Å². The van der Waals surface area contributed by atoms with Crippen molar-refractivity contribution in [1.29, 1.82) is 0 Å². The minimum absolute atomic E-state index is 0.126. The van der Waals surface area contributed by atoms with Gasteiger partial charge in [-0.15, -0.1) is 10.2 Å². The fraction of sp³-hybridized carbons (Fsp3) is 0.318. The maximum atomic E-state index is 12.2. The maximum Gasteiger partial charge on any atom is 0.277 e. The molecule has 1 amide bonds. The van der Waals surface area contributed by atoms with E-state index in [0.717, 1.165) is 22.6 Å². The number of aromatic nitrogens is 2. The lowest BCUT2D eigenvalue weighted by molar-refractivity contribution is -0.113. The van der Waals surface area contributed by atoms with E-state index in [4.69, 9.17) is 9.15 Å². The third kappa shape index (κ3) is 5.84. The number of carbonyl (C=O) groups excluding carboxylic acids is 1. The average Bonchev–Trinajstić information content (AvgIpc) is 3.14. The minimum atomic E-state index is -0.126. The summed E-state index contributed by atoms with van der Waals surface area (Å²) in [4.78, 5) is 12.2. The second-order valence-electron chi connectivity index (χ2n) is 7.08. The summed E-state index contributed by atoms with van der Waals surface area (Å²) in [5, 5.41) is 11.2. The van der Waals surface area contributed by atoms with Crippen LogP contribution in [-0.4, -0.2) is 21.9 Å². The van der Waals surface area contributed by atoms with Crippen molar-refractivity contribution in [3.8, 4) is 5.75 Å². The minimum Gasteiger partial charge on any atom is -0.483 e. The molecule has 0 fully saturated rings. The molecule has 3 aromatic rings. The third-order valence-corrected chi connectivity index (χ3v) is 5.20. The average molecular weight is 412 g/mol. The summed E-state index contributed by atoms with van der Waals surface area (Å²) in [6.07, 6.45) is 0. The van der Waals surface area contributed by atoms with Crippen molar-refractivity contribution < 1.29 is 13.9 Å². The summed E-state index contributed by atoms with van der Waals surface area (Å²) < 4.78 is 11.4. The number of aryl methyl sites for hydroxylation is 2.